The molecule has 0 unspecified atom stereocenters. The molecular weight excluding hydrogens is 318 g/mol. The van der Waals surface area contributed by atoms with Crippen molar-refractivity contribution in [2.24, 2.45) is 0 Å². The average molecular weight is 337 g/mol. The number of benzene rings is 3. The zero-order chi connectivity index (χ0) is 17.6. The maximum Gasteiger partial charge on any atom is 0.0415 e. The van der Waals surface area contributed by atoms with E-state index in [4.69, 9.17) is 0 Å². The number of hydrogen-bond donors (Lipinski definition) is 2. The van der Waals surface area contributed by atoms with Crippen molar-refractivity contribution in [3.8, 4) is 11.1 Å². The summed E-state index contributed by atoms with van der Waals surface area (Å²) in [4.78, 5) is 4.05. The summed E-state index contributed by atoms with van der Waals surface area (Å²) in [5.74, 6) is 0. The minimum absolute atomic E-state index is 1.02. The van der Waals surface area contributed by atoms with Crippen LogP contribution in [0, 0.1) is 0 Å². The first-order valence-corrected chi connectivity index (χ1v) is 8.56. The zero-order valence-electron chi connectivity index (χ0n) is 14.3. The van der Waals surface area contributed by atoms with E-state index in [2.05, 4.69) is 76.3 Å². The third-order valence-electron chi connectivity index (χ3n) is 4.09. The first-order chi connectivity index (χ1) is 12.9. The zero-order valence-corrected chi connectivity index (χ0v) is 14.3. The fraction of sp³-hybridized carbons (Fsp3) is 0. The molecule has 2 N–H and O–H groups in total. The minimum atomic E-state index is 1.02. The number of hydrogen-bond acceptors (Lipinski definition) is 3. The Bertz CT molecular complexity index is 899. The Balaban J connectivity index is 1.57. The molecule has 3 aromatic carbocycles. The van der Waals surface area contributed by atoms with E-state index < -0.39 is 0 Å². The number of anilines is 4. The summed E-state index contributed by atoms with van der Waals surface area (Å²) in [6, 6.07) is 31.0. The first-order valence-electron chi connectivity index (χ1n) is 8.56. The molecule has 0 bridgehead atoms. The van der Waals surface area contributed by atoms with Gasteiger partial charge < -0.3 is 10.6 Å². The second kappa shape index (κ2) is 7.53. The summed E-state index contributed by atoms with van der Waals surface area (Å²) in [7, 11) is 0. The Hall–Kier alpha value is -3.59. The Labute approximate surface area is 153 Å². The van der Waals surface area contributed by atoms with Crippen molar-refractivity contribution in [2.75, 3.05) is 10.6 Å². The molecule has 0 saturated carbocycles. The number of nitrogens with zero attached hydrogens (tertiary/aromatic N) is 1. The van der Waals surface area contributed by atoms with Crippen molar-refractivity contribution in [1.29, 1.82) is 0 Å². The molecule has 0 spiro atoms. The maximum atomic E-state index is 4.05. The Morgan fingerprint density at radius 2 is 0.962 bits per heavy atom. The standard InChI is InChI=1S/C23H19N3/c1-2-8-20(9-3-1)25-22-10-4-6-18(16-22)19-7-5-11-23(17-19)26-21-12-14-24-15-13-21/h1-17,25H,(H,24,26). The molecule has 0 aliphatic heterocycles. The normalized spacial score (nSPS) is 10.3. The van der Waals surface area contributed by atoms with Gasteiger partial charge in [0.05, 0.1) is 0 Å². The van der Waals surface area contributed by atoms with Gasteiger partial charge in [0.1, 0.15) is 0 Å². The second-order valence-electron chi connectivity index (χ2n) is 6.01. The van der Waals surface area contributed by atoms with Gasteiger partial charge in [0.15, 0.2) is 0 Å². The van der Waals surface area contributed by atoms with Crippen molar-refractivity contribution in [3.63, 3.8) is 0 Å². The minimum Gasteiger partial charge on any atom is -0.356 e. The lowest BCUT2D eigenvalue weighted by Crippen LogP contribution is -1.92. The van der Waals surface area contributed by atoms with Gasteiger partial charge in [-0.25, -0.2) is 0 Å². The Morgan fingerprint density at radius 3 is 1.54 bits per heavy atom. The highest BCUT2D eigenvalue weighted by molar-refractivity contribution is 5.74. The molecule has 4 aromatic rings. The molecule has 0 fully saturated rings. The van der Waals surface area contributed by atoms with Gasteiger partial charge in [0, 0.05) is 35.1 Å². The van der Waals surface area contributed by atoms with Crippen molar-refractivity contribution in [1.82, 2.24) is 4.98 Å². The van der Waals surface area contributed by atoms with Gasteiger partial charge >= 0.3 is 0 Å². The molecule has 0 saturated heterocycles. The third kappa shape index (κ3) is 3.90. The Kier molecular flexibility index (Phi) is 4.61. The van der Waals surface area contributed by atoms with E-state index in [1.165, 1.54) is 11.1 Å². The van der Waals surface area contributed by atoms with Crippen LogP contribution in [0.4, 0.5) is 22.7 Å². The van der Waals surface area contributed by atoms with E-state index in [1.807, 2.05) is 30.3 Å². The van der Waals surface area contributed by atoms with Crippen LogP contribution >= 0.6 is 0 Å². The van der Waals surface area contributed by atoms with Crippen molar-refractivity contribution >= 4 is 22.7 Å². The second-order valence-corrected chi connectivity index (χ2v) is 6.01. The van der Waals surface area contributed by atoms with Crippen molar-refractivity contribution in [3.05, 3.63) is 103 Å². The summed E-state index contributed by atoms with van der Waals surface area (Å²) >= 11 is 0. The molecule has 1 aromatic heterocycles. The van der Waals surface area contributed by atoms with E-state index >= 15 is 0 Å². The van der Waals surface area contributed by atoms with Crippen LogP contribution in [-0.2, 0) is 0 Å². The van der Waals surface area contributed by atoms with Gasteiger partial charge in [-0.05, 0) is 59.7 Å². The van der Waals surface area contributed by atoms with E-state index in [0.29, 0.717) is 0 Å². The molecule has 0 amide bonds. The highest BCUT2D eigenvalue weighted by atomic mass is 14.9. The number of nitrogens with one attached hydrogen (secondary N) is 2. The average Bonchev–Trinajstić information content (AvgIpc) is 2.70. The van der Waals surface area contributed by atoms with Crippen LogP contribution in [-0.4, -0.2) is 4.98 Å². The van der Waals surface area contributed by atoms with E-state index in [1.54, 1.807) is 12.4 Å². The predicted molar refractivity (Wildman–Crippen MR) is 109 cm³/mol. The van der Waals surface area contributed by atoms with E-state index in [-0.39, 0.29) is 0 Å². The van der Waals surface area contributed by atoms with Crippen LogP contribution in [0.2, 0.25) is 0 Å². The molecule has 0 atom stereocenters. The van der Waals surface area contributed by atoms with Crippen LogP contribution in [0.1, 0.15) is 0 Å². The lowest BCUT2D eigenvalue weighted by Gasteiger charge is -2.11. The number of pyridine rings is 1. The SMILES string of the molecule is c1ccc(Nc2cccc(-c3cccc(Nc4ccncc4)c3)c2)cc1. The molecule has 0 radical (unpaired) electrons. The van der Waals surface area contributed by atoms with Crippen LogP contribution < -0.4 is 10.6 Å². The molecule has 3 heteroatoms. The summed E-state index contributed by atoms with van der Waals surface area (Å²) < 4.78 is 0. The van der Waals surface area contributed by atoms with Gasteiger partial charge in [0.2, 0.25) is 0 Å². The lowest BCUT2D eigenvalue weighted by atomic mass is 10.0. The summed E-state index contributed by atoms with van der Waals surface area (Å²) in [6.45, 7) is 0. The molecule has 0 aliphatic carbocycles. The number of aromatic nitrogens is 1. The molecule has 3 nitrogen and oxygen atoms in total. The fourth-order valence-corrected chi connectivity index (χ4v) is 2.84. The highest BCUT2D eigenvalue weighted by Crippen LogP contribution is 2.27. The van der Waals surface area contributed by atoms with Gasteiger partial charge in [-0.15, -0.1) is 0 Å². The highest BCUT2D eigenvalue weighted by Gasteiger charge is 2.02. The largest absolute Gasteiger partial charge is 0.356 e. The van der Waals surface area contributed by atoms with Gasteiger partial charge in [-0.1, -0.05) is 42.5 Å². The van der Waals surface area contributed by atoms with Gasteiger partial charge in [0.25, 0.3) is 0 Å². The summed E-state index contributed by atoms with van der Waals surface area (Å²) in [6.07, 6.45) is 3.57. The van der Waals surface area contributed by atoms with Crippen molar-refractivity contribution in [2.45, 2.75) is 0 Å². The van der Waals surface area contributed by atoms with E-state index in [0.717, 1.165) is 22.7 Å². The third-order valence-corrected chi connectivity index (χ3v) is 4.09. The molecule has 1 heterocycles. The fourth-order valence-electron chi connectivity index (χ4n) is 2.84. The van der Waals surface area contributed by atoms with Gasteiger partial charge in [-0.2, -0.15) is 0 Å². The Morgan fingerprint density at radius 1 is 0.462 bits per heavy atom. The topological polar surface area (TPSA) is 37.0 Å². The smallest absolute Gasteiger partial charge is 0.0415 e. The molecular formula is C23H19N3. The quantitative estimate of drug-likeness (QED) is 0.453. The molecule has 0 aliphatic rings. The van der Waals surface area contributed by atoms with E-state index in [9.17, 15) is 0 Å². The summed E-state index contributed by atoms with van der Waals surface area (Å²) in [5.41, 5.74) is 6.57. The molecule has 26 heavy (non-hydrogen) atoms. The van der Waals surface area contributed by atoms with Crippen molar-refractivity contribution < 1.29 is 0 Å². The van der Waals surface area contributed by atoms with Crippen LogP contribution in [0.15, 0.2) is 103 Å². The first kappa shape index (κ1) is 15.9. The lowest BCUT2D eigenvalue weighted by molar-refractivity contribution is 1.32. The van der Waals surface area contributed by atoms with Crippen LogP contribution in [0.3, 0.4) is 0 Å². The number of para-hydroxylation sites is 1. The maximum absolute atomic E-state index is 4.05. The van der Waals surface area contributed by atoms with Gasteiger partial charge in [-0.3, -0.25) is 4.98 Å². The van der Waals surface area contributed by atoms with Crippen LogP contribution in [0.25, 0.3) is 11.1 Å². The molecule has 4 rings (SSSR count). The predicted octanol–water partition coefficient (Wildman–Crippen LogP) is 6.24. The summed E-state index contributed by atoms with van der Waals surface area (Å²) in [5, 5.41) is 6.86. The number of rotatable bonds is 5. The van der Waals surface area contributed by atoms with Crippen LogP contribution in [0.5, 0.6) is 0 Å². The monoisotopic (exact) mass is 337 g/mol. The molecule has 126 valence electrons.